The fraction of sp³-hybridized carbons (Fsp3) is 0.500. The van der Waals surface area contributed by atoms with Crippen LogP contribution in [0.5, 0.6) is 0 Å². The highest BCUT2D eigenvalue weighted by molar-refractivity contribution is 5.60. The lowest BCUT2D eigenvalue weighted by Crippen LogP contribution is -2.24. The molecule has 6 nitrogen and oxygen atoms in total. The van der Waals surface area contributed by atoms with Gasteiger partial charge in [0.25, 0.3) is 0 Å². The Kier molecular flexibility index (Phi) is 2.70. The van der Waals surface area contributed by atoms with E-state index in [9.17, 15) is 0 Å². The molecule has 0 amide bonds. The van der Waals surface area contributed by atoms with E-state index in [1.54, 1.807) is 0 Å². The molecule has 2 fully saturated rings. The number of hydrogen-bond acceptors (Lipinski definition) is 5. The van der Waals surface area contributed by atoms with E-state index in [2.05, 4.69) is 20.4 Å². The molecule has 2 aliphatic rings. The smallest absolute Gasteiger partial charge is 0.182 e. The quantitative estimate of drug-likeness (QED) is 0.852. The fourth-order valence-corrected chi connectivity index (χ4v) is 3.05. The summed E-state index contributed by atoms with van der Waals surface area (Å²) in [5.74, 6) is 0.819. The van der Waals surface area contributed by atoms with Crippen LogP contribution in [0.1, 0.15) is 25.3 Å². The first-order valence-electron chi connectivity index (χ1n) is 7.19. The average molecular weight is 270 g/mol. The molecule has 1 saturated heterocycles. The molecule has 104 valence electrons. The predicted molar refractivity (Wildman–Crippen MR) is 75.9 cm³/mol. The minimum absolute atomic E-state index is 0.377. The number of likely N-dealkylation sites (tertiary alicyclic amines) is 1. The minimum atomic E-state index is 0.377. The molecule has 4 rings (SSSR count). The molecule has 2 aromatic rings. The molecule has 1 unspecified atom stereocenters. The van der Waals surface area contributed by atoms with Crippen LogP contribution in [0.4, 0.5) is 5.69 Å². The van der Waals surface area contributed by atoms with Gasteiger partial charge in [-0.15, -0.1) is 5.10 Å². The fourth-order valence-electron chi connectivity index (χ4n) is 3.05. The van der Waals surface area contributed by atoms with Crippen molar-refractivity contribution in [3.8, 4) is 11.4 Å². The van der Waals surface area contributed by atoms with Crippen LogP contribution in [0.25, 0.3) is 11.4 Å². The molecule has 6 heteroatoms. The summed E-state index contributed by atoms with van der Waals surface area (Å²) in [6.07, 6.45) is 3.83. The summed E-state index contributed by atoms with van der Waals surface area (Å²) >= 11 is 0. The predicted octanol–water partition coefficient (Wildman–Crippen LogP) is 1.33. The Hall–Kier alpha value is -1.95. The van der Waals surface area contributed by atoms with Gasteiger partial charge in [-0.25, -0.2) is 4.68 Å². The maximum Gasteiger partial charge on any atom is 0.182 e. The molecule has 1 aliphatic heterocycles. The number of nitrogens with two attached hydrogens (primary N) is 1. The third-order valence-corrected chi connectivity index (χ3v) is 4.24. The largest absolute Gasteiger partial charge is 0.399 e. The van der Waals surface area contributed by atoms with E-state index in [1.807, 2.05) is 28.9 Å². The topological polar surface area (TPSA) is 72.9 Å². The summed E-state index contributed by atoms with van der Waals surface area (Å²) in [6.45, 7) is 2.22. The van der Waals surface area contributed by atoms with E-state index in [-0.39, 0.29) is 0 Å². The number of aromatic nitrogens is 4. The zero-order valence-electron chi connectivity index (χ0n) is 11.3. The highest BCUT2D eigenvalue weighted by Gasteiger charge is 2.36. The summed E-state index contributed by atoms with van der Waals surface area (Å²) in [4.78, 5) is 2.56. The van der Waals surface area contributed by atoms with Crippen molar-refractivity contribution in [1.82, 2.24) is 25.1 Å². The maximum atomic E-state index is 5.85. The lowest BCUT2D eigenvalue weighted by molar-refractivity contribution is 0.309. The lowest BCUT2D eigenvalue weighted by atomic mass is 10.2. The van der Waals surface area contributed by atoms with Crippen molar-refractivity contribution < 1.29 is 0 Å². The molecular weight excluding hydrogens is 252 g/mol. The second-order valence-corrected chi connectivity index (χ2v) is 5.74. The zero-order chi connectivity index (χ0) is 13.5. The molecule has 1 atom stereocenters. The summed E-state index contributed by atoms with van der Waals surface area (Å²) in [5, 5.41) is 12.3. The first-order chi connectivity index (χ1) is 9.81. The van der Waals surface area contributed by atoms with Gasteiger partial charge in [-0.1, -0.05) is 12.1 Å². The standard InChI is InChI=1S/C14H18N6/c15-11-3-1-2-10(8-11)14-16-17-18-20(14)13-6-7-19(9-13)12-4-5-12/h1-3,8,12-13H,4-7,9,15H2. The number of anilines is 1. The van der Waals surface area contributed by atoms with Crippen LogP contribution in [0.15, 0.2) is 24.3 Å². The van der Waals surface area contributed by atoms with Crippen molar-refractivity contribution in [2.45, 2.75) is 31.3 Å². The van der Waals surface area contributed by atoms with Crippen molar-refractivity contribution in [2.75, 3.05) is 18.8 Å². The SMILES string of the molecule is Nc1cccc(-c2nnnn2C2CCN(C3CC3)C2)c1. The third-order valence-electron chi connectivity index (χ3n) is 4.24. The van der Waals surface area contributed by atoms with Gasteiger partial charge in [0.2, 0.25) is 0 Å². The Labute approximate surface area is 117 Å². The van der Waals surface area contributed by atoms with Crippen LogP contribution in [0.3, 0.4) is 0 Å². The molecule has 20 heavy (non-hydrogen) atoms. The molecular formula is C14H18N6. The molecule has 1 aromatic carbocycles. The molecule has 1 aromatic heterocycles. The first-order valence-corrected chi connectivity index (χ1v) is 7.19. The van der Waals surface area contributed by atoms with Crippen LogP contribution in [0, 0.1) is 0 Å². The molecule has 0 radical (unpaired) electrons. The van der Waals surface area contributed by atoms with Crippen molar-refractivity contribution in [3.05, 3.63) is 24.3 Å². The molecule has 1 aliphatic carbocycles. The van der Waals surface area contributed by atoms with Gasteiger partial charge >= 0.3 is 0 Å². The van der Waals surface area contributed by atoms with E-state index in [4.69, 9.17) is 5.73 Å². The van der Waals surface area contributed by atoms with Gasteiger partial charge in [-0.3, -0.25) is 4.90 Å². The average Bonchev–Trinajstić information content (AvgIpc) is 3.01. The van der Waals surface area contributed by atoms with Gasteiger partial charge in [-0.2, -0.15) is 0 Å². The molecule has 2 heterocycles. The van der Waals surface area contributed by atoms with E-state index < -0.39 is 0 Å². The second kappa shape index (κ2) is 4.56. The number of benzene rings is 1. The maximum absolute atomic E-state index is 5.85. The van der Waals surface area contributed by atoms with Gasteiger partial charge in [-0.05, 0) is 41.8 Å². The van der Waals surface area contributed by atoms with Gasteiger partial charge in [0.1, 0.15) is 0 Å². The van der Waals surface area contributed by atoms with Crippen molar-refractivity contribution in [1.29, 1.82) is 0 Å². The summed E-state index contributed by atoms with van der Waals surface area (Å²) < 4.78 is 1.97. The number of rotatable bonds is 3. The zero-order valence-corrected chi connectivity index (χ0v) is 11.3. The monoisotopic (exact) mass is 270 g/mol. The highest BCUT2D eigenvalue weighted by Crippen LogP contribution is 2.34. The molecule has 1 saturated carbocycles. The van der Waals surface area contributed by atoms with Gasteiger partial charge in [0.15, 0.2) is 5.82 Å². The van der Waals surface area contributed by atoms with Gasteiger partial charge < -0.3 is 5.73 Å². The number of nitrogens with zero attached hydrogens (tertiary/aromatic N) is 5. The number of hydrogen-bond donors (Lipinski definition) is 1. The van der Waals surface area contributed by atoms with Gasteiger partial charge in [0.05, 0.1) is 6.04 Å². The van der Waals surface area contributed by atoms with Gasteiger partial charge in [0, 0.05) is 30.4 Å². The second-order valence-electron chi connectivity index (χ2n) is 5.74. The Morgan fingerprint density at radius 3 is 2.85 bits per heavy atom. The van der Waals surface area contributed by atoms with Crippen LogP contribution in [-0.4, -0.2) is 44.2 Å². The van der Waals surface area contributed by atoms with E-state index in [1.165, 1.54) is 12.8 Å². The van der Waals surface area contributed by atoms with Crippen molar-refractivity contribution in [3.63, 3.8) is 0 Å². The molecule has 0 spiro atoms. The van der Waals surface area contributed by atoms with Crippen LogP contribution in [-0.2, 0) is 0 Å². The van der Waals surface area contributed by atoms with Crippen molar-refractivity contribution >= 4 is 5.69 Å². The van der Waals surface area contributed by atoms with Crippen molar-refractivity contribution in [2.24, 2.45) is 0 Å². The summed E-state index contributed by atoms with van der Waals surface area (Å²) in [6, 6.07) is 8.94. The van der Waals surface area contributed by atoms with Crippen LogP contribution >= 0.6 is 0 Å². The Balaban J connectivity index is 1.62. The Morgan fingerprint density at radius 2 is 2.05 bits per heavy atom. The Morgan fingerprint density at radius 1 is 1.15 bits per heavy atom. The minimum Gasteiger partial charge on any atom is -0.399 e. The number of nitrogen functional groups attached to an aromatic ring is 1. The van der Waals surface area contributed by atoms with E-state index in [0.29, 0.717) is 6.04 Å². The molecule has 0 bridgehead atoms. The third kappa shape index (κ3) is 2.06. The van der Waals surface area contributed by atoms with Crippen LogP contribution in [0.2, 0.25) is 0 Å². The number of tetrazole rings is 1. The normalized spacial score (nSPS) is 23.3. The summed E-state index contributed by atoms with van der Waals surface area (Å²) in [7, 11) is 0. The molecule has 2 N–H and O–H groups in total. The summed E-state index contributed by atoms with van der Waals surface area (Å²) in [5.41, 5.74) is 7.58. The lowest BCUT2D eigenvalue weighted by Gasteiger charge is -2.15. The van der Waals surface area contributed by atoms with E-state index >= 15 is 0 Å². The first kappa shape index (κ1) is 11.8. The Bertz CT molecular complexity index is 618. The van der Waals surface area contributed by atoms with Crippen LogP contribution < -0.4 is 5.73 Å². The highest BCUT2D eigenvalue weighted by atomic mass is 15.6. The van der Waals surface area contributed by atoms with E-state index in [0.717, 1.165) is 42.6 Å².